The standard InChI is InChI=1S/C32H44ClFN4O4/c1-5-14-37(15-6-2)16-17-38-28(30(40)36-24-9-7-8-19(3)20(24)4)32-13-12-25(42-32)26(27(32)31(38)41)29(39)35-21-10-11-23(34)22(33)18-21/h10-13,18-20,24-28H,5-9,14-17H2,1-4H3,(H,35,39)(H,36,40)/t19-,20-,24+,25-,26+,27-,28-,32-/m0/s1. The smallest absolute Gasteiger partial charge is 0.246 e. The minimum Gasteiger partial charge on any atom is -0.359 e. The van der Waals surface area contributed by atoms with Crippen molar-refractivity contribution in [1.29, 1.82) is 0 Å². The fourth-order valence-electron chi connectivity index (χ4n) is 7.57. The van der Waals surface area contributed by atoms with Gasteiger partial charge < -0.3 is 25.2 Å². The summed E-state index contributed by atoms with van der Waals surface area (Å²) in [5.41, 5.74) is -0.892. The van der Waals surface area contributed by atoms with Crippen LogP contribution in [0.4, 0.5) is 10.1 Å². The number of halogens is 2. The zero-order valence-corrected chi connectivity index (χ0v) is 25.8. The Kier molecular flexibility index (Phi) is 9.30. The second-order valence-corrected chi connectivity index (χ2v) is 13.0. The highest BCUT2D eigenvalue weighted by atomic mass is 35.5. The molecule has 1 saturated carbocycles. The number of hydrogen-bond acceptors (Lipinski definition) is 5. The fourth-order valence-corrected chi connectivity index (χ4v) is 7.75. The summed E-state index contributed by atoms with van der Waals surface area (Å²) in [7, 11) is 0. The Morgan fingerprint density at radius 2 is 1.88 bits per heavy atom. The molecule has 4 aliphatic rings. The molecule has 3 fully saturated rings. The Morgan fingerprint density at radius 3 is 2.57 bits per heavy atom. The van der Waals surface area contributed by atoms with Gasteiger partial charge in [0.15, 0.2) is 0 Å². The summed E-state index contributed by atoms with van der Waals surface area (Å²) in [5, 5.41) is 6.00. The highest BCUT2D eigenvalue weighted by molar-refractivity contribution is 6.31. The summed E-state index contributed by atoms with van der Waals surface area (Å²) in [6.07, 6.45) is 8.08. The predicted molar refractivity (Wildman–Crippen MR) is 160 cm³/mol. The molecule has 230 valence electrons. The lowest BCUT2D eigenvalue weighted by Crippen LogP contribution is -2.58. The van der Waals surface area contributed by atoms with Crippen molar-refractivity contribution in [2.24, 2.45) is 23.7 Å². The molecule has 1 aliphatic carbocycles. The van der Waals surface area contributed by atoms with Gasteiger partial charge in [-0.2, -0.15) is 0 Å². The first-order valence-corrected chi connectivity index (χ1v) is 15.9. The van der Waals surface area contributed by atoms with Crippen LogP contribution >= 0.6 is 11.6 Å². The molecule has 8 nitrogen and oxygen atoms in total. The van der Waals surface area contributed by atoms with Crippen molar-refractivity contribution in [3.05, 3.63) is 41.2 Å². The number of rotatable bonds is 11. The molecule has 3 aliphatic heterocycles. The monoisotopic (exact) mass is 602 g/mol. The molecule has 1 spiro atoms. The minimum atomic E-state index is -1.22. The predicted octanol–water partition coefficient (Wildman–Crippen LogP) is 4.63. The third kappa shape index (κ3) is 5.60. The van der Waals surface area contributed by atoms with Crippen LogP contribution in [-0.2, 0) is 19.1 Å². The molecule has 8 atom stereocenters. The molecule has 1 aromatic rings. The van der Waals surface area contributed by atoms with Gasteiger partial charge in [0.05, 0.1) is 23.0 Å². The van der Waals surface area contributed by atoms with E-state index in [1.54, 1.807) is 11.0 Å². The minimum absolute atomic E-state index is 0.0234. The first kappa shape index (κ1) is 31.0. The fraction of sp³-hybridized carbons (Fsp3) is 0.656. The van der Waals surface area contributed by atoms with Gasteiger partial charge in [-0.3, -0.25) is 14.4 Å². The van der Waals surface area contributed by atoms with Crippen molar-refractivity contribution >= 4 is 35.0 Å². The molecule has 3 amide bonds. The quantitative estimate of drug-likeness (QED) is 0.361. The molecule has 0 unspecified atom stereocenters. The van der Waals surface area contributed by atoms with Crippen molar-refractivity contribution in [3.8, 4) is 0 Å². The number of carbonyl (C=O) groups excluding carboxylic acids is 3. The molecule has 3 heterocycles. The van der Waals surface area contributed by atoms with Crippen molar-refractivity contribution in [3.63, 3.8) is 0 Å². The number of fused-ring (bicyclic) bond motifs is 1. The molecule has 0 aromatic heterocycles. The van der Waals surface area contributed by atoms with E-state index in [9.17, 15) is 18.8 Å². The maximum absolute atomic E-state index is 14.3. The Bertz CT molecular complexity index is 1220. The van der Waals surface area contributed by atoms with Crippen LogP contribution in [0.15, 0.2) is 30.4 Å². The second kappa shape index (κ2) is 12.6. The van der Waals surface area contributed by atoms with Crippen LogP contribution in [0.25, 0.3) is 0 Å². The molecule has 2 saturated heterocycles. The SMILES string of the molecule is CCCN(CCC)CCN1C(=O)[C@@H]2[C@H](C(=O)Nc3ccc(F)c(Cl)c3)[C@@H]3C=C[C@@]2(O3)[C@@H]1C(=O)N[C@@H]1CCC[C@H](C)[C@@H]1C. The lowest BCUT2D eigenvalue weighted by Gasteiger charge is -2.38. The van der Waals surface area contributed by atoms with Crippen LogP contribution in [0.1, 0.15) is 59.8 Å². The van der Waals surface area contributed by atoms with Crippen LogP contribution in [0.3, 0.4) is 0 Å². The molecular formula is C32H44ClFN4O4. The average Bonchev–Trinajstić information content (AvgIpc) is 3.59. The number of benzene rings is 1. The van der Waals surface area contributed by atoms with Gasteiger partial charge in [-0.1, -0.05) is 64.3 Å². The number of nitrogens with zero attached hydrogens (tertiary/aromatic N) is 2. The third-order valence-corrected chi connectivity index (χ3v) is 10.2. The van der Waals surface area contributed by atoms with Gasteiger partial charge in [0.2, 0.25) is 17.7 Å². The summed E-state index contributed by atoms with van der Waals surface area (Å²) < 4.78 is 20.2. The Morgan fingerprint density at radius 1 is 1.14 bits per heavy atom. The van der Waals surface area contributed by atoms with E-state index < -0.39 is 41.3 Å². The van der Waals surface area contributed by atoms with E-state index in [0.29, 0.717) is 30.6 Å². The van der Waals surface area contributed by atoms with Gasteiger partial charge >= 0.3 is 0 Å². The van der Waals surface area contributed by atoms with E-state index in [0.717, 1.165) is 45.2 Å². The number of nitrogens with one attached hydrogen (secondary N) is 2. The number of amides is 3. The van der Waals surface area contributed by atoms with Gasteiger partial charge in [-0.25, -0.2) is 4.39 Å². The molecule has 0 radical (unpaired) electrons. The van der Waals surface area contributed by atoms with E-state index in [1.165, 1.54) is 18.2 Å². The zero-order chi connectivity index (χ0) is 30.2. The van der Waals surface area contributed by atoms with Gasteiger partial charge in [0.25, 0.3) is 0 Å². The summed E-state index contributed by atoms with van der Waals surface area (Å²) in [6, 6.07) is 3.11. The Hall–Kier alpha value is -2.49. The van der Waals surface area contributed by atoms with E-state index in [1.807, 2.05) is 6.08 Å². The van der Waals surface area contributed by atoms with Crippen LogP contribution in [0.2, 0.25) is 5.02 Å². The molecule has 5 rings (SSSR count). The Balaban J connectivity index is 1.43. The average molecular weight is 603 g/mol. The maximum Gasteiger partial charge on any atom is 0.246 e. The molecule has 10 heteroatoms. The Labute approximate surface area is 253 Å². The van der Waals surface area contributed by atoms with E-state index >= 15 is 0 Å². The molecular weight excluding hydrogens is 559 g/mol. The van der Waals surface area contributed by atoms with Gasteiger partial charge in [0.1, 0.15) is 17.5 Å². The summed E-state index contributed by atoms with van der Waals surface area (Å²) in [4.78, 5) is 46.1. The molecule has 2 N–H and O–H groups in total. The largest absolute Gasteiger partial charge is 0.359 e. The van der Waals surface area contributed by atoms with Crippen molar-refractivity contribution in [2.45, 2.75) is 83.6 Å². The lowest BCUT2D eigenvalue weighted by atomic mass is 9.73. The van der Waals surface area contributed by atoms with Crippen molar-refractivity contribution in [2.75, 3.05) is 31.5 Å². The second-order valence-electron chi connectivity index (χ2n) is 12.6. The van der Waals surface area contributed by atoms with Crippen molar-refractivity contribution in [1.82, 2.24) is 15.1 Å². The summed E-state index contributed by atoms with van der Waals surface area (Å²) >= 11 is 5.94. The topological polar surface area (TPSA) is 91.0 Å². The number of ether oxygens (including phenoxy) is 1. The van der Waals surface area contributed by atoms with Crippen LogP contribution in [0.5, 0.6) is 0 Å². The van der Waals surface area contributed by atoms with Gasteiger partial charge in [0, 0.05) is 24.8 Å². The normalized spacial score (nSPS) is 33.4. The van der Waals surface area contributed by atoms with E-state index in [4.69, 9.17) is 16.3 Å². The molecule has 42 heavy (non-hydrogen) atoms. The van der Waals surface area contributed by atoms with Crippen LogP contribution < -0.4 is 10.6 Å². The summed E-state index contributed by atoms with van der Waals surface area (Å²) in [6.45, 7) is 11.5. The number of anilines is 1. The van der Waals surface area contributed by atoms with Crippen LogP contribution in [-0.4, -0.2) is 77.5 Å². The molecule has 1 aromatic carbocycles. The highest BCUT2D eigenvalue weighted by Crippen LogP contribution is 2.55. The number of carbonyl (C=O) groups is 3. The van der Waals surface area contributed by atoms with E-state index in [-0.39, 0.29) is 22.9 Å². The summed E-state index contributed by atoms with van der Waals surface area (Å²) in [5.74, 6) is -2.31. The number of likely N-dealkylation sites (tertiary alicyclic amines) is 1. The number of hydrogen-bond donors (Lipinski definition) is 2. The highest BCUT2D eigenvalue weighted by Gasteiger charge is 2.72. The maximum atomic E-state index is 14.3. The first-order valence-electron chi connectivity index (χ1n) is 15.6. The molecule has 2 bridgehead atoms. The van der Waals surface area contributed by atoms with Crippen molar-refractivity contribution < 1.29 is 23.5 Å². The first-order chi connectivity index (χ1) is 20.1. The lowest BCUT2D eigenvalue weighted by molar-refractivity contribution is -0.141. The van der Waals surface area contributed by atoms with E-state index in [2.05, 4.69) is 43.2 Å². The van der Waals surface area contributed by atoms with Gasteiger partial charge in [-0.15, -0.1) is 0 Å². The third-order valence-electron chi connectivity index (χ3n) is 9.88. The zero-order valence-electron chi connectivity index (χ0n) is 25.1. The van der Waals surface area contributed by atoms with Crippen LogP contribution in [0, 0.1) is 29.5 Å². The van der Waals surface area contributed by atoms with Gasteiger partial charge in [-0.05, 0) is 62.4 Å².